The number of benzene rings is 1. The minimum absolute atomic E-state index is 0.286. The second-order valence-electron chi connectivity index (χ2n) is 3.04. The van der Waals surface area contributed by atoms with Crippen molar-refractivity contribution in [3.8, 4) is 0 Å². The van der Waals surface area contributed by atoms with Crippen LogP contribution in [0.4, 0.5) is 0 Å². The Labute approximate surface area is 86.7 Å². The molecule has 0 bridgehead atoms. The summed E-state index contributed by atoms with van der Waals surface area (Å²) in [7, 11) is 0. The normalized spacial score (nSPS) is 15.6. The van der Waals surface area contributed by atoms with Gasteiger partial charge in [-0.2, -0.15) is 0 Å². The monoisotopic (exact) mass is 200 g/mol. The number of rotatable bonds is 2. The number of allylic oxidation sites excluding steroid dienone is 1. The smallest absolute Gasteiger partial charge is 0.384 e. The maximum absolute atomic E-state index is 10.8. The fourth-order valence-corrected chi connectivity index (χ4v) is 1.20. The number of cyclic esters (lactones) is 1. The van der Waals surface area contributed by atoms with Crippen LogP contribution in [0.1, 0.15) is 5.56 Å². The first-order valence-corrected chi connectivity index (χ1v) is 4.47. The molecule has 0 fully saturated rings. The number of ketones is 1. The van der Waals surface area contributed by atoms with Crippen LogP contribution in [0.15, 0.2) is 48.2 Å². The van der Waals surface area contributed by atoms with Gasteiger partial charge in [0.25, 0.3) is 5.78 Å². The molecule has 0 N–H and O–H groups in total. The largest absolute Gasteiger partial charge is 0.420 e. The summed E-state index contributed by atoms with van der Waals surface area (Å²) < 4.78 is 4.68. The van der Waals surface area contributed by atoms with Crippen molar-refractivity contribution in [1.82, 2.24) is 0 Å². The van der Waals surface area contributed by atoms with Crippen LogP contribution in [0.5, 0.6) is 0 Å². The van der Waals surface area contributed by atoms with Crippen LogP contribution >= 0.6 is 0 Å². The molecule has 0 saturated carbocycles. The maximum atomic E-state index is 10.8. The Morgan fingerprint density at radius 1 is 1.00 bits per heavy atom. The third kappa shape index (κ3) is 2.20. The van der Waals surface area contributed by atoms with Crippen LogP contribution in [0.2, 0.25) is 0 Å². The quantitative estimate of drug-likeness (QED) is 0.539. The molecule has 0 aromatic heterocycles. The fourth-order valence-electron chi connectivity index (χ4n) is 1.20. The summed E-state index contributed by atoms with van der Waals surface area (Å²) in [5.74, 6) is -1.14. The molecule has 0 amide bonds. The van der Waals surface area contributed by atoms with E-state index in [2.05, 4.69) is 4.74 Å². The van der Waals surface area contributed by atoms with Gasteiger partial charge in [0.05, 0.1) is 0 Å². The molecular formula is C12H8O3. The summed E-state index contributed by atoms with van der Waals surface area (Å²) in [4.78, 5) is 21.5. The first-order chi connectivity index (χ1) is 7.25. The van der Waals surface area contributed by atoms with Crippen molar-refractivity contribution >= 4 is 17.8 Å². The molecule has 0 spiro atoms. The van der Waals surface area contributed by atoms with Crippen LogP contribution in [0, 0.1) is 0 Å². The summed E-state index contributed by atoms with van der Waals surface area (Å²) in [6.45, 7) is 0. The van der Waals surface area contributed by atoms with E-state index in [0.717, 1.165) is 5.56 Å². The molecule has 0 aliphatic carbocycles. The Morgan fingerprint density at radius 3 is 2.33 bits per heavy atom. The molecule has 1 aromatic rings. The Hall–Kier alpha value is -2.16. The number of carbonyl (C=O) groups excluding carboxylic acids is 2. The van der Waals surface area contributed by atoms with Crippen molar-refractivity contribution in [1.29, 1.82) is 0 Å². The highest BCUT2D eigenvalue weighted by Crippen LogP contribution is 2.11. The van der Waals surface area contributed by atoms with Crippen molar-refractivity contribution in [3.05, 3.63) is 53.8 Å². The van der Waals surface area contributed by atoms with Gasteiger partial charge in [-0.25, -0.2) is 4.79 Å². The number of carbonyl (C=O) groups is 2. The summed E-state index contributed by atoms with van der Waals surface area (Å²) in [6, 6.07) is 9.54. The predicted octanol–water partition coefficient (Wildman–Crippen LogP) is 1.71. The maximum Gasteiger partial charge on any atom is 0.384 e. The van der Waals surface area contributed by atoms with Gasteiger partial charge in [-0.05, 0) is 11.6 Å². The van der Waals surface area contributed by atoms with Crippen molar-refractivity contribution in [2.75, 3.05) is 0 Å². The number of esters is 1. The predicted molar refractivity (Wildman–Crippen MR) is 54.7 cm³/mol. The Kier molecular flexibility index (Phi) is 2.46. The third-order valence-corrected chi connectivity index (χ3v) is 1.92. The zero-order chi connectivity index (χ0) is 10.7. The lowest BCUT2D eigenvalue weighted by Gasteiger charge is -1.93. The fraction of sp³-hybridized carbons (Fsp3) is 0. The molecule has 1 aliphatic heterocycles. The lowest BCUT2D eigenvalue weighted by atomic mass is 10.2. The van der Waals surface area contributed by atoms with E-state index in [9.17, 15) is 9.59 Å². The lowest BCUT2D eigenvalue weighted by molar-refractivity contribution is -0.145. The van der Waals surface area contributed by atoms with Gasteiger partial charge in [0.15, 0.2) is 0 Å². The molecule has 0 radical (unpaired) electrons. The highest BCUT2D eigenvalue weighted by molar-refractivity contribution is 6.40. The average Bonchev–Trinajstić information content (AvgIpc) is 2.57. The van der Waals surface area contributed by atoms with Crippen LogP contribution in [0.3, 0.4) is 0 Å². The topological polar surface area (TPSA) is 43.4 Å². The minimum atomic E-state index is -0.817. The average molecular weight is 200 g/mol. The molecule has 3 nitrogen and oxygen atoms in total. The second kappa shape index (κ2) is 3.92. The van der Waals surface area contributed by atoms with Gasteiger partial charge in [0.1, 0.15) is 5.76 Å². The van der Waals surface area contributed by atoms with E-state index in [1.54, 1.807) is 12.2 Å². The summed E-state index contributed by atoms with van der Waals surface area (Å²) in [5.41, 5.74) is 0.980. The molecule has 2 rings (SSSR count). The van der Waals surface area contributed by atoms with Crippen molar-refractivity contribution in [3.63, 3.8) is 0 Å². The Morgan fingerprint density at radius 2 is 1.73 bits per heavy atom. The summed E-state index contributed by atoms with van der Waals surface area (Å²) >= 11 is 0. The van der Waals surface area contributed by atoms with E-state index >= 15 is 0 Å². The van der Waals surface area contributed by atoms with Gasteiger partial charge >= 0.3 is 5.97 Å². The highest BCUT2D eigenvalue weighted by atomic mass is 16.5. The zero-order valence-corrected chi connectivity index (χ0v) is 7.84. The first kappa shape index (κ1) is 9.40. The second-order valence-corrected chi connectivity index (χ2v) is 3.04. The first-order valence-electron chi connectivity index (χ1n) is 4.47. The highest BCUT2D eigenvalue weighted by Gasteiger charge is 2.22. The minimum Gasteiger partial charge on any atom is -0.420 e. The van der Waals surface area contributed by atoms with E-state index < -0.39 is 11.8 Å². The van der Waals surface area contributed by atoms with E-state index in [0.29, 0.717) is 0 Å². The van der Waals surface area contributed by atoms with E-state index in [4.69, 9.17) is 0 Å². The number of ether oxygens (including phenoxy) is 1. The molecule has 74 valence electrons. The summed E-state index contributed by atoms with van der Waals surface area (Å²) in [5, 5.41) is 0. The third-order valence-electron chi connectivity index (χ3n) is 1.92. The van der Waals surface area contributed by atoms with Gasteiger partial charge in [0.2, 0.25) is 0 Å². The van der Waals surface area contributed by atoms with E-state index in [1.807, 2.05) is 30.3 Å². The molecular weight excluding hydrogens is 192 g/mol. The van der Waals surface area contributed by atoms with Gasteiger partial charge in [-0.3, -0.25) is 4.79 Å². The Bertz CT molecular complexity index is 455. The van der Waals surface area contributed by atoms with Gasteiger partial charge < -0.3 is 4.74 Å². The SMILES string of the molecule is O=C1C=C(/C=C/c2ccccc2)OC1=O. The molecule has 1 aromatic carbocycles. The number of hydrogen-bond acceptors (Lipinski definition) is 3. The summed E-state index contributed by atoms with van der Waals surface area (Å²) in [6.07, 6.45) is 4.55. The molecule has 0 saturated heterocycles. The number of hydrogen-bond donors (Lipinski definition) is 0. The molecule has 0 unspecified atom stereocenters. The van der Waals surface area contributed by atoms with Gasteiger partial charge in [-0.15, -0.1) is 0 Å². The van der Waals surface area contributed by atoms with Crippen LogP contribution < -0.4 is 0 Å². The van der Waals surface area contributed by atoms with Gasteiger partial charge in [0, 0.05) is 6.08 Å². The van der Waals surface area contributed by atoms with Crippen molar-refractivity contribution in [2.45, 2.75) is 0 Å². The molecule has 1 heterocycles. The van der Waals surface area contributed by atoms with Crippen molar-refractivity contribution in [2.24, 2.45) is 0 Å². The zero-order valence-electron chi connectivity index (χ0n) is 7.84. The molecule has 0 atom stereocenters. The van der Waals surface area contributed by atoms with Crippen LogP contribution in [-0.4, -0.2) is 11.8 Å². The Balaban J connectivity index is 2.11. The molecule has 15 heavy (non-hydrogen) atoms. The molecule has 3 heteroatoms. The van der Waals surface area contributed by atoms with Crippen LogP contribution in [0.25, 0.3) is 6.08 Å². The molecule has 1 aliphatic rings. The van der Waals surface area contributed by atoms with Crippen molar-refractivity contribution < 1.29 is 14.3 Å². The standard InChI is InChI=1S/C12H8O3/c13-11-8-10(15-12(11)14)7-6-9-4-2-1-3-5-9/h1-8H/b7-6+. The van der Waals surface area contributed by atoms with E-state index in [1.165, 1.54) is 6.08 Å². The van der Waals surface area contributed by atoms with Gasteiger partial charge in [-0.1, -0.05) is 36.4 Å². The van der Waals surface area contributed by atoms with Crippen LogP contribution in [-0.2, 0) is 14.3 Å². The lowest BCUT2D eigenvalue weighted by Crippen LogP contribution is -2.05. The van der Waals surface area contributed by atoms with E-state index in [-0.39, 0.29) is 5.76 Å².